The van der Waals surface area contributed by atoms with Crippen LogP contribution in [0.3, 0.4) is 0 Å². The van der Waals surface area contributed by atoms with E-state index < -0.39 is 0 Å². The summed E-state index contributed by atoms with van der Waals surface area (Å²) in [5.41, 5.74) is 1.10. The van der Waals surface area contributed by atoms with Crippen molar-refractivity contribution in [1.29, 1.82) is 0 Å². The fraction of sp³-hybridized carbons (Fsp3) is 0.615. The summed E-state index contributed by atoms with van der Waals surface area (Å²) in [6, 6.07) is 4.10. The number of hydrogen-bond donors (Lipinski definition) is 1. The summed E-state index contributed by atoms with van der Waals surface area (Å²) < 4.78 is 0. The van der Waals surface area contributed by atoms with Gasteiger partial charge in [0.1, 0.15) is 5.82 Å². The van der Waals surface area contributed by atoms with E-state index in [1.54, 1.807) is 0 Å². The highest BCUT2D eigenvalue weighted by atomic mass is 16.2. The summed E-state index contributed by atoms with van der Waals surface area (Å²) in [4.78, 5) is 6.76. The maximum Gasteiger partial charge on any atom is 0.128 e. The molecular weight excluding hydrogens is 200 g/mol. The average Bonchev–Trinajstić information content (AvgIpc) is 2.30. The number of nitrogens with zero attached hydrogens (tertiary/aromatic N) is 2. The molecular formula is C13H22N2O. The summed E-state index contributed by atoms with van der Waals surface area (Å²) in [6.45, 7) is 6.67. The van der Waals surface area contributed by atoms with E-state index >= 15 is 0 Å². The molecule has 0 aliphatic carbocycles. The van der Waals surface area contributed by atoms with E-state index in [0.717, 1.165) is 37.3 Å². The maximum atomic E-state index is 8.83. The van der Waals surface area contributed by atoms with E-state index in [0.29, 0.717) is 6.42 Å². The highest BCUT2D eigenvalue weighted by molar-refractivity contribution is 5.39. The van der Waals surface area contributed by atoms with Gasteiger partial charge < -0.3 is 10.0 Å². The van der Waals surface area contributed by atoms with Gasteiger partial charge in [-0.05, 0) is 30.9 Å². The van der Waals surface area contributed by atoms with Gasteiger partial charge >= 0.3 is 0 Å². The summed E-state index contributed by atoms with van der Waals surface area (Å²) in [5.74, 6) is 1.05. The SMILES string of the molecule is CCCN(CCC)c1ccc(CCO)cn1. The number of hydrogen-bond acceptors (Lipinski definition) is 3. The van der Waals surface area contributed by atoms with Crippen molar-refractivity contribution >= 4 is 5.82 Å². The second-order valence-electron chi connectivity index (χ2n) is 3.99. The highest BCUT2D eigenvalue weighted by Gasteiger charge is 2.05. The van der Waals surface area contributed by atoms with Crippen molar-refractivity contribution in [1.82, 2.24) is 4.98 Å². The van der Waals surface area contributed by atoms with E-state index in [1.807, 2.05) is 6.20 Å². The molecule has 0 saturated carbocycles. The molecule has 0 aliphatic heterocycles. The molecule has 0 aliphatic rings. The molecule has 0 unspecified atom stereocenters. The number of aliphatic hydroxyl groups is 1. The molecule has 0 saturated heterocycles. The highest BCUT2D eigenvalue weighted by Crippen LogP contribution is 2.12. The lowest BCUT2D eigenvalue weighted by Gasteiger charge is -2.22. The molecule has 0 atom stereocenters. The second-order valence-corrected chi connectivity index (χ2v) is 3.99. The number of anilines is 1. The topological polar surface area (TPSA) is 36.4 Å². The van der Waals surface area contributed by atoms with Gasteiger partial charge in [-0.25, -0.2) is 4.98 Å². The molecule has 16 heavy (non-hydrogen) atoms. The summed E-state index contributed by atoms with van der Waals surface area (Å²) >= 11 is 0. The Morgan fingerprint density at radius 2 is 1.88 bits per heavy atom. The van der Waals surface area contributed by atoms with Crippen molar-refractivity contribution < 1.29 is 5.11 Å². The normalized spacial score (nSPS) is 10.4. The van der Waals surface area contributed by atoms with Crippen molar-refractivity contribution in [3.8, 4) is 0 Å². The molecule has 3 nitrogen and oxygen atoms in total. The minimum absolute atomic E-state index is 0.189. The Morgan fingerprint density at radius 1 is 1.19 bits per heavy atom. The van der Waals surface area contributed by atoms with Gasteiger partial charge in [0.2, 0.25) is 0 Å². The van der Waals surface area contributed by atoms with Crippen LogP contribution in [0.5, 0.6) is 0 Å². The monoisotopic (exact) mass is 222 g/mol. The first-order valence-corrected chi connectivity index (χ1v) is 6.12. The third-order valence-electron chi connectivity index (χ3n) is 2.52. The van der Waals surface area contributed by atoms with Gasteiger partial charge in [-0.15, -0.1) is 0 Å². The summed E-state index contributed by atoms with van der Waals surface area (Å²) in [7, 11) is 0. The molecule has 1 aromatic rings. The minimum Gasteiger partial charge on any atom is -0.396 e. The lowest BCUT2D eigenvalue weighted by Crippen LogP contribution is -2.25. The smallest absolute Gasteiger partial charge is 0.128 e. The Bertz CT molecular complexity index is 278. The predicted octanol–water partition coefficient (Wildman–Crippen LogP) is 2.24. The molecule has 0 fully saturated rings. The Kier molecular flexibility index (Phi) is 5.86. The van der Waals surface area contributed by atoms with Crippen LogP contribution in [0.25, 0.3) is 0 Å². The van der Waals surface area contributed by atoms with Crippen LogP contribution < -0.4 is 4.90 Å². The lowest BCUT2D eigenvalue weighted by atomic mass is 10.2. The van der Waals surface area contributed by atoms with Crippen molar-refractivity contribution in [2.75, 3.05) is 24.6 Å². The molecule has 1 heterocycles. The van der Waals surface area contributed by atoms with E-state index in [9.17, 15) is 0 Å². The van der Waals surface area contributed by atoms with Crippen LogP contribution in [0.15, 0.2) is 18.3 Å². The Morgan fingerprint density at radius 3 is 2.31 bits per heavy atom. The van der Waals surface area contributed by atoms with Gasteiger partial charge in [0.25, 0.3) is 0 Å². The van der Waals surface area contributed by atoms with Gasteiger partial charge in [0.15, 0.2) is 0 Å². The van der Waals surface area contributed by atoms with Crippen LogP contribution in [-0.2, 0) is 6.42 Å². The predicted molar refractivity (Wildman–Crippen MR) is 67.8 cm³/mol. The quantitative estimate of drug-likeness (QED) is 0.768. The molecule has 0 spiro atoms. The van der Waals surface area contributed by atoms with Crippen LogP contribution in [0.1, 0.15) is 32.3 Å². The van der Waals surface area contributed by atoms with Gasteiger partial charge in [0.05, 0.1) is 0 Å². The van der Waals surface area contributed by atoms with E-state index in [1.165, 1.54) is 0 Å². The molecule has 0 aromatic carbocycles. The summed E-state index contributed by atoms with van der Waals surface area (Å²) in [6.07, 6.45) is 4.83. The third kappa shape index (κ3) is 3.81. The number of aliphatic hydroxyl groups excluding tert-OH is 1. The Balaban J connectivity index is 2.68. The van der Waals surface area contributed by atoms with Crippen LogP contribution in [-0.4, -0.2) is 29.8 Å². The molecule has 1 aromatic heterocycles. The van der Waals surface area contributed by atoms with Crippen LogP contribution in [0.4, 0.5) is 5.82 Å². The minimum atomic E-state index is 0.189. The number of pyridine rings is 1. The zero-order valence-electron chi connectivity index (χ0n) is 10.3. The first-order valence-electron chi connectivity index (χ1n) is 6.12. The van der Waals surface area contributed by atoms with Crippen molar-refractivity contribution in [2.45, 2.75) is 33.1 Å². The molecule has 0 radical (unpaired) electrons. The molecule has 90 valence electrons. The fourth-order valence-electron chi connectivity index (χ4n) is 1.76. The molecule has 1 N–H and O–H groups in total. The van der Waals surface area contributed by atoms with E-state index in [4.69, 9.17) is 5.11 Å². The fourth-order valence-corrected chi connectivity index (χ4v) is 1.76. The number of aromatic nitrogens is 1. The van der Waals surface area contributed by atoms with Gasteiger partial charge in [-0.2, -0.15) is 0 Å². The summed E-state index contributed by atoms with van der Waals surface area (Å²) in [5, 5.41) is 8.83. The van der Waals surface area contributed by atoms with Gasteiger partial charge in [-0.1, -0.05) is 19.9 Å². The van der Waals surface area contributed by atoms with Crippen molar-refractivity contribution in [3.05, 3.63) is 23.9 Å². The zero-order valence-corrected chi connectivity index (χ0v) is 10.3. The first kappa shape index (κ1) is 13.0. The standard InChI is InChI=1S/C13H22N2O/c1-3-8-15(9-4-2)13-6-5-12(7-10-16)11-14-13/h5-6,11,16H,3-4,7-10H2,1-2H3. The van der Waals surface area contributed by atoms with Crippen LogP contribution >= 0.6 is 0 Å². The van der Waals surface area contributed by atoms with Gasteiger partial charge in [-0.3, -0.25) is 0 Å². The lowest BCUT2D eigenvalue weighted by molar-refractivity contribution is 0.299. The molecule has 3 heteroatoms. The second kappa shape index (κ2) is 7.23. The first-order chi connectivity index (χ1) is 7.81. The van der Waals surface area contributed by atoms with Crippen LogP contribution in [0.2, 0.25) is 0 Å². The third-order valence-corrected chi connectivity index (χ3v) is 2.52. The van der Waals surface area contributed by atoms with Crippen LogP contribution in [0, 0.1) is 0 Å². The molecule has 0 bridgehead atoms. The van der Waals surface area contributed by atoms with Crippen molar-refractivity contribution in [3.63, 3.8) is 0 Å². The molecule has 0 amide bonds. The average molecular weight is 222 g/mol. The largest absolute Gasteiger partial charge is 0.396 e. The maximum absolute atomic E-state index is 8.83. The zero-order chi connectivity index (χ0) is 11.8. The van der Waals surface area contributed by atoms with E-state index in [2.05, 4.69) is 35.9 Å². The Hall–Kier alpha value is -1.09. The van der Waals surface area contributed by atoms with Gasteiger partial charge in [0, 0.05) is 25.9 Å². The Labute approximate surface area is 98.1 Å². The van der Waals surface area contributed by atoms with E-state index in [-0.39, 0.29) is 6.61 Å². The van der Waals surface area contributed by atoms with Crippen molar-refractivity contribution in [2.24, 2.45) is 0 Å². The number of rotatable bonds is 7. The molecule has 1 rings (SSSR count).